The molecule has 120 valence electrons. The van der Waals surface area contributed by atoms with Crippen LogP contribution in [0.15, 0.2) is 28.9 Å². The number of thiophene rings is 1. The van der Waals surface area contributed by atoms with Crippen molar-refractivity contribution in [1.29, 1.82) is 0 Å². The minimum absolute atomic E-state index is 0.0826. The van der Waals surface area contributed by atoms with Crippen molar-refractivity contribution < 1.29 is 32.1 Å². The first-order valence-corrected chi connectivity index (χ1v) is 7.12. The lowest BCUT2D eigenvalue weighted by molar-refractivity contribution is -0.329. The Hall–Kier alpha value is -2.55. The number of rotatable bonds is 2. The molecule has 0 bridgehead atoms. The van der Waals surface area contributed by atoms with Crippen LogP contribution in [0.4, 0.5) is 18.9 Å². The van der Waals surface area contributed by atoms with Gasteiger partial charge in [0.1, 0.15) is 4.88 Å². The number of hydrogen-bond donors (Lipinski definition) is 1. The average molecular weight is 343 g/mol. The van der Waals surface area contributed by atoms with Gasteiger partial charge in [-0.3, -0.25) is 0 Å². The topological polar surface area (TPSA) is 79.6 Å². The fourth-order valence-electron chi connectivity index (χ4n) is 2.21. The van der Waals surface area contributed by atoms with Gasteiger partial charge in [-0.25, -0.2) is 4.79 Å². The SMILES string of the molecule is COC(=O)c1sc2[nH+]c(-c3ccco3)cc(C(F)(F)F)c2c1N. The molecule has 0 amide bonds. The molecular formula is C14H10F3N2O3S+. The van der Waals surface area contributed by atoms with E-state index >= 15 is 0 Å². The van der Waals surface area contributed by atoms with E-state index in [9.17, 15) is 18.0 Å². The van der Waals surface area contributed by atoms with Crippen LogP contribution in [-0.2, 0) is 10.9 Å². The van der Waals surface area contributed by atoms with Gasteiger partial charge >= 0.3 is 12.1 Å². The predicted molar refractivity (Wildman–Crippen MR) is 76.8 cm³/mol. The number of carbonyl (C=O) groups is 1. The molecular weight excluding hydrogens is 333 g/mol. The third-order valence-corrected chi connectivity index (χ3v) is 4.32. The number of halogens is 3. The van der Waals surface area contributed by atoms with Gasteiger partial charge in [-0.2, -0.15) is 18.2 Å². The summed E-state index contributed by atoms with van der Waals surface area (Å²) < 4.78 is 49.9. The maximum absolute atomic E-state index is 13.4. The van der Waals surface area contributed by atoms with E-state index in [1.54, 1.807) is 6.07 Å². The Labute approximate surface area is 131 Å². The lowest BCUT2D eigenvalue weighted by Gasteiger charge is -2.07. The van der Waals surface area contributed by atoms with Crippen molar-refractivity contribution in [2.24, 2.45) is 0 Å². The van der Waals surface area contributed by atoms with Gasteiger partial charge in [0.15, 0.2) is 5.76 Å². The highest BCUT2D eigenvalue weighted by Gasteiger charge is 2.38. The Balaban J connectivity index is 2.35. The molecule has 0 unspecified atom stereocenters. The molecule has 5 nitrogen and oxygen atoms in total. The number of aromatic nitrogens is 1. The van der Waals surface area contributed by atoms with E-state index in [1.165, 1.54) is 12.3 Å². The molecule has 3 aromatic rings. The van der Waals surface area contributed by atoms with Gasteiger partial charge in [0.25, 0.3) is 4.83 Å². The molecule has 0 aromatic carbocycles. The van der Waals surface area contributed by atoms with Crippen LogP contribution in [0.2, 0.25) is 0 Å². The zero-order valence-corrected chi connectivity index (χ0v) is 12.5. The minimum atomic E-state index is -4.64. The number of nitrogens with two attached hydrogens (primary N) is 1. The maximum atomic E-state index is 13.4. The second kappa shape index (κ2) is 5.27. The van der Waals surface area contributed by atoms with Crippen LogP contribution in [0.25, 0.3) is 21.7 Å². The number of furan rings is 1. The second-order valence-corrected chi connectivity index (χ2v) is 5.63. The predicted octanol–water partition coefficient (Wildman–Crippen LogP) is 3.36. The van der Waals surface area contributed by atoms with Crippen molar-refractivity contribution in [1.82, 2.24) is 0 Å². The van der Waals surface area contributed by atoms with E-state index < -0.39 is 17.7 Å². The van der Waals surface area contributed by atoms with Gasteiger partial charge in [0.2, 0.25) is 5.69 Å². The van der Waals surface area contributed by atoms with Crippen molar-refractivity contribution in [3.63, 3.8) is 0 Å². The molecule has 3 N–H and O–H groups in total. The summed E-state index contributed by atoms with van der Waals surface area (Å²) in [5.74, 6) is -0.547. The Morgan fingerprint density at radius 1 is 1.43 bits per heavy atom. The molecule has 0 radical (unpaired) electrons. The molecule has 0 spiro atoms. The van der Waals surface area contributed by atoms with Gasteiger partial charge in [-0.05, 0) is 12.1 Å². The number of esters is 1. The molecule has 0 fully saturated rings. The Morgan fingerprint density at radius 2 is 2.17 bits per heavy atom. The summed E-state index contributed by atoms with van der Waals surface area (Å²) in [6.45, 7) is 0. The number of H-pyrrole nitrogens is 1. The van der Waals surface area contributed by atoms with E-state index in [-0.39, 0.29) is 32.2 Å². The zero-order chi connectivity index (χ0) is 16.8. The average Bonchev–Trinajstić information content (AvgIpc) is 3.13. The van der Waals surface area contributed by atoms with Crippen LogP contribution in [-0.4, -0.2) is 13.1 Å². The zero-order valence-electron chi connectivity index (χ0n) is 11.7. The van der Waals surface area contributed by atoms with E-state index in [0.717, 1.165) is 24.5 Å². The van der Waals surface area contributed by atoms with Gasteiger partial charge in [0, 0.05) is 6.07 Å². The lowest BCUT2D eigenvalue weighted by atomic mass is 10.1. The molecule has 3 rings (SSSR count). The molecule has 0 saturated heterocycles. The standard InChI is InChI=1S/C14H9F3N2O3S/c1-21-13(20)11-10(18)9-6(14(15,16)17)5-7(19-12(9)23-11)8-3-2-4-22-8/h2-5H,18H2,1H3/p+1. The van der Waals surface area contributed by atoms with Gasteiger partial charge < -0.3 is 14.9 Å². The fourth-order valence-corrected chi connectivity index (χ4v) is 3.27. The summed E-state index contributed by atoms with van der Waals surface area (Å²) in [7, 11) is 1.13. The van der Waals surface area contributed by atoms with Gasteiger partial charge in [-0.15, -0.1) is 0 Å². The molecule has 0 aliphatic rings. The van der Waals surface area contributed by atoms with Crippen molar-refractivity contribution in [2.75, 3.05) is 12.8 Å². The Bertz CT molecular complexity index is 885. The number of methoxy groups -OCH3 is 1. The number of carbonyl (C=O) groups excluding carboxylic acids is 1. The lowest BCUT2D eigenvalue weighted by Crippen LogP contribution is -2.14. The smallest absolute Gasteiger partial charge is 0.417 e. The highest BCUT2D eigenvalue weighted by molar-refractivity contribution is 7.20. The second-order valence-electron chi connectivity index (χ2n) is 4.61. The molecule has 9 heteroatoms. The first-order valence-electron chi connectivity index (χ1n) is 6.30. The molecule has 0 atom stereocenters. The largest absolute Gasteiger partial charge is 0.465 e. The van der Waals surface area contributed by atoms with Gasteiger partial charge in [0.05, 0.1) is 30.0 Å². The van der Waals surface area contributed by atoms with Crippen molar-refractivity contribution >= 4 is 33.2 Å². The first-order chi connectivity index (χ1) is 10.8. The number of pyridine rings is 1. The van der Waals surface area contributed by atoms with E-state index in [1.807, 2.05) is 0 Å². The normalized spacial score (nSPS) is 11.8. The van der Waals surface area contributed by atoms with E-state index in [2.05, 4.69) is 9.72 Å². The van der Waals surface area contributed by atoms with Crippen molar-refractivity contribution in [3.05, 3.63) is 34.9 Å². The Kier molecular flexibility index (Phi) is 3.52. The van der Waals surface area contributed by atoms with Crippen LogP contribution in [0.3, 0.4) is 0 Å². The maximum Gasteiger partial charge on any atom is 0.417 e. The number of alkyl halides is 3. The quantitative estimate of drug-likeness (QED) is 0.724. The number of fused-ring (bicyclic) bond motifs is 1. The van der Waals surface area contributed by atoms with Crippen molar-refractivity contribution in [3.8, 4) is 11.5 Å². The molecule has 23 heavy (non-hydrogen) atoms. The number of aromatic amines is 1. The highest BCUT2D eigenvalue weighted by atomic mass is 32.1. The minimum Gasteiger partial charge on any atom is -0.465 e. The molecule has 3 aromatic heterocycles. The summed E-state index contributed by atoms with van der Waals surface area (Å²) in [5.41, 5.74) is 4.68. The third kappa shape index (κ3) is 2.52. The number of nitrogen functional groups attached to an aromatic ring is 1. The van der Waals surface area contributed by atoms with Crippen LogP contribution in [0, 0.1) is 0 Å². The van der Waals surface area contributed by atoms with Crippen LogP contribution >= 0.6 is 11.3 Å². The summed E-state index contributed by atoms with van der Waals surface area (Å²) >= 11 is 0.802. The fraction of sp³-hybridized carbons (Fsp3) is 0.143. The number of nitrogens with one attached hydrogen (secondary N) is 1. The van der Waals surface area contributed by atoms with Gasteiger partial charge in [-0.1, -0.05) is 11.3 Å². The molecule has 0 aliphatic heterocycles. The first kappa shape index (κ1) is 15.3. The van der Waals surface area contributed by atoms with E-state index in [0.29, 0.717) is 0 Å². The number of anilines is 1. The van der Waals surface area contributed by atoms with Crippen LogP contribution in [0.5, 0.6) is 0 Å². The van der Waals surface area contributed by atoms with Crippen molar-refractivity contribution in [2.45, 2.75) is 6.18 Å². The number of hydrogen-bond acceptors (Lipinski definition) is 5. The van der Waals surface area contributed by atoms with Crippen LogP contribution < -0.4 is 10.7 Å². The number of ether oxygens (including phenoxy) is 1. The third-order valence-electron chi connectivity index (χ3n) is 3.21. The van der Waals surface area contributed by atoms with E-state index in [4.69, 9.17) is 10.2 Å². The Morgan fingerprint density at radius 3 is 2.74 bits per heavy atom. The van der Waals surface area contributed by atoms with Crippen LogP contribution in [0.1, 0.15) is 15.2 Å². The molecule has 3 heterocycles. The highest BCUT2D eigenvalue weighted by Crippen LogP contribution is 2.42. The summed E-state index contributed by atoms with van der Waals surface area (Å²) in [4.78, 5) is 14.5. The monoisotopic (exact) mass is 343 g/mol. The summed E-state index contributed by atoms with van der Waals surface area (Å²) in [5, 5.41) is -0.252. The summed E-state index contributed by atoms with van der Waals surface area (Å²) in [6, 6.07) is 3.99. The molecule has 0 aliphatic carbocycles. The molecule has 0 saturated carbocycles. The summed E-state index contributed by atoms with van der Waals surface area (Å²) in [6.07, 6.45) is -3.29.